The van der Waals surface area contributed by atoms with Crippen LogP contribution >= 0.6 is 0 Å². The Morgan fingerprint density at radius 2 is 2.24 bits per heavy atom. The van der Waals surface area contributed by atoms with Crippen molar-refractivity contribution >= 4 is 5.91 Å². The van der Waals surface area contributed by atoms with Crippen LogP contribution in [0.3, 0.4) is 0 Å². The second kappa shape index (κ2) is 7.70. The van der Waals surface area contributed by atoms with E-state index < -0.39 is 0 Å². The van der Waals surface area contributed by atoms with Gasteiger partial charge in [-0.05, 0) is 38.5 Å². The topological polar surface area (TPSA) is 46.3 Å². The second-order valence-corrected chi connectivity index (χ2v) is 5.48. The molecular formula is C14H28N2O. The van der Waals surface area contributed by atoms with Gasteiger partial charge >= 0.3 is 0 Å². The molecule has 0 aromatic heterocycles. The largest absolute Gasteiger partial charge is 0.343 e. The van der Waals surface area contributed by atoms with Crippen molar-refractivity contribution in [1.29, 1.82) is 0 Å². The van der Waals surface area contributed by atoms with Crippen LogP contribution in [0.1, 0.15) is 58.8 Å². The molecule has 3 heteroatoms. The van der Waals surface area contributed by atoms with E-state index >= 15 is 0 Å². The predicted octanol–water partition coefficient (Wildman–Crippen LogP) is 2.54. The highest BCUT2D eigenvalue weighted by Crippen LogP contribution is 2.22. The fraction of sp³-hybridized carbons (Fsp3) is 0.929. The maximum absolute atomic E-state index is 11.9. The number of nitrogens with two attached hydrogens (primary N) is 1. The zero-order chi connectivity index (χ0) is 12.7. The summed E-state index contributed by atoms with van der Waals surface area (Å²) in [6.45, 7) is 6.12. The summed E-state index contributed by atoms with van der Waals surface area (Å²) < 4.78 is 0. The molecule has 0 aromatic rings. The van der Waals surface area contributed by atoms with Gasteiger partial charge in [-0.3, -0.25) is 4.79 Å². The number of carbonyl (C=O) groups is 1. The van der Waals surface area contributed by atoms with Gasteiger partial charge in [0.25, 0.3) is 0 Å². The summed E-state index contributed by atoms with van der Waals surface area (Å²) >= 11 is 0. The first kappa shape index (κ1) is 14.5. The SMILES string of the molecule is CCCC1CCC(=O)N(CCCC(C)N)CC1. The lowest BCUT2D eigenvalue weighted by molar-refractivity contribution is -0.130. The van der Waals surface area contributed by atoms with Gasteiger partial charge in [-0.1, -0.05) is 19.8 Å². The molecule has 1 heterocycles. The normalized spacial score (nSPS) is 23.6. The van der Waals surface area contributed by atoms with E-state index in [1.807, 2.05) is 6.92 Å². The van der Waals surface area contributed by atoms with Gasteiger partial charge in [-0.2, -0.15) is 0 Å². The maximum Gasteiger partial charge on any atom is 0.222 e. The molecule has 0 aromatic carbocycles. The van der Waals surface area contributed by atoms with Crippen LogP contribution in [-0.4, -0.2) is 29.9 Å². The van der Waals surface area contributed by atoms with Crippen LogP contribution in [0.25, 0.3) is 0 Å². The van der Waals surface area contributed by atoms with Gasteiger partial charge in [0.15, 0.2) is 0 Å². The van der Waals surface area contributed by atoms with Crippen LogP contribution in [0.2, 0.25) is 0 Å². The van der Waals surface area contributed by atoms with E-state index in [0.29, 0.717) is 5.91 Å². The van der Waals surface area contributed by atoms with Gasteiger partial charge in [0.05, 0.1) is 0 Å². The Kier molecular flexibility index (Phi) is 6.56. The minimum atomic E-state index is 0.255. The molecule has 1 aliphatic rings. The van der Waals surface area contributed by atoms with Gasteiger partial charge < -0.3 is 10.6 Å². The minimum Gasteiger partial charge on any atom is -0.343 e. The predicted molar refractivity (Wildman–Crippen MR) is 71.7 cm³/mol. The minimum absolute atomic E-state index is 0.255. The molecule has 1 amide bonds. The van der Waals surface area contributed by atoms with Crippen LogP contribution < -0.4 is 5.73 Å². The van der Waals surface area contributed by atoms with E-state index in [0.717, 1.165) is 44.7 Å². The Morgan fingerprint density at radius 1 is 1.47 bits per heavy atom. The molecule has 0 radical (unpaired) electrons. The smallest absolute Gasteiger partial charge is 0.222 e. The highest BCUT2D eigenvalue weighted by atomic mass is 16.2. The summed E-state index contributed by atoms with van der Waals surface area (Å²) in [6.07, 6.45) is 7.62. The van der Waals surface area contributed by atoms with Gasteiger partial charge in [-0.25, -0.2) is 0 Å². The Hall–Kier alpha value is -0.570. The number of carbonyl (C=O) groups excluding carboxylic acids is 1. The molecule has 0 aliphatic carbocycles. The van der Waals surface area contributed by atoms with Gasteiger partial charge in [0.2, 0.25) is 5.91 Å². The zero-order valence-electron chi connectivity index (χ0n) is 11.5. The molecule has 0 saturated carbocycles. The lowest BCUT2D eigenvalue weighted by atomic mass is 9.96. The summed E-state index contributed by atoms with van der Waals surface area (Å²) in [6, 6.07) is 0.255. The Morgan fingerprint density at radius 3 is 2.88 bits per heavy atom. The van der Waals surface area contributed by atoms with E-state index in [4.69, 9.17) is 5.73 Å². The molecule has 2 unspecified atom stereocenters. The highest BCUT2D eigenvalue weighted by molar-refractivity contribution is 5.76. The van der Waals surface area contributed by atoms with Crippen molar-refractivity contribution in [3.05, 3.63) is 0 Å². The summed E-state index contributed by atoms with van der Waals surface area (Å²) in [7, 11) is 0. The number of nitrogens with zero attached hydrogens (tertiary/aromatic N) is 1. The first-order valence-electron chi connectivity index (χ1n) is 7.16. The van der Waals surface area contributed by atoms with Crippen LogP contribution in [0, 0.1) is 5.92 Å². The second-order valence-electron chi connectivity index (χ2n) is 5.48. The third kappa shape index (κ3) is 5.53. The quantitative estimate of drug-likeness (QED) is 0.775. The molecule has 3 nitrogen and oxygen atoms in total. The molecular weight excluding hydrogens is 212 g/mol. The summed E-state index contributed by atoms with van der Waals surface area (Å²) in [5.74, 6) is 1.12. The average Bonchev–Trinajstić information content (AvgIpc) is 2.44. The van der Waals surface area contributed by atoms with Crippen molar-refractivity contribution < 1.29 is 4.79 Å². The molecule has 100 valence electrons. The number of rotatable bonds is 6. The van der Waals surface area contributed by atoms with Crippen LogP contribution in [0.5, 0.6) is 0 Å². The lowest BCUT2D eigenvalue weighted by Gasteiger charge is -2.21. The summed E-state index contributed by atoms with van der Waals surface area (Å²) in [4.78, 5) is 14.0. The third-order valence-electron chi connectivity index (χ3n) is 3.71. The Bertz CT molecular complexity index is 228. The number of likely N-dealkylation sites (tertiary alicyclic amines) is 1. The van der Waals surface area contributed by atoms with Gasteiger partial charge in [-0.15, -0.1) is 0 Å². The number of hydrogen-bond donors (Lipinski definition) is 1. The molecule has 17 heavy (non-hydrogen) atoms. The zero-order valence-corrected chi connectivity index (χ0v) is 11.5. The third-order valence-corrected chi connectivity index (χ3v) is 3.71. The standard InChI is InChI=1S/C14H28N2O/c1-3-5-13-7-8-14(17)16(11-9-13)10-4-6-12(2)15/h12-13H,3-11,15H2,1-2H3. The fourth-order valence-corrected chi connectivity index (χ4v) is 2.63. The van der Waals surface area contributed by atoms with Crippen molar-refractivity contribution in [2.24, 2.45) is 11.7 Å². The van der Waals surface area contributed by atoms with Crippen molar-refractivity contribution in [2.75, 3.05) is 13.1 Å². The average molecular weight is 240 g/mol. The molecule has 1 fully saturated rings. The van der Waals surface area contributed by atoms with Crippen LogP contribution in [-0.2, 0) is 4.79 Å². The molecule has 2 N–H and O–H groups in total. The Labute approximate surface area is 106 Å². The molecule has 1 rings (SSSR count). The molecule has 1 saturated heterocycles. The van der Waals surface area contributed by atoms with Crippen LogP contribution in [0.15, 0.2) is 0 Å². The van der Waals surface area contributed by atoms with Gasteiger partial charge in [0, 0.05) is 25.6 Å². The van der Waals surface area contributed by atoms with Gasteiger partial charge in [0.1, 0.15) is 0 Å². The maximum atomic E-state index is 11.9. The van der Waals surface area contributed by atoms with Crippen LogP contribution in [0.4, 0.5) is 0 Å². The fourth-order valence-electron chi connectivity index (χ4n) is 2.63. The monoisotopic (exact) mass is 240 g/mol. The van der Waals surface area contributed by atoms with E-state index in [1.54, 1.807) is 0 Å². The summed E-state index contributed by atoms with van der Waals surface area (Å²) in [5.41, 5.74) is 5.73. The highest BCUT2D eigenvalue weighted by Gasteiger charge is 2.21. The lowest BCUT2D eigenvalue weighted by Crippen LogP contribution is -2.32. The first-order valence-corrected chi connectivity index (χ1v) is 7.16. The molecule has 2 atom stereocenters. The first-order chi connectivity index (χ1) is 8.13. The molecule has 1 aliphatic heterocycles. The van der Waals surface area contributed by atoms with Crippen molar-refractivity contribution in [2.45, 2.75) is 64.8 Å². The van der Waals surface area contributed by atoms with Crippen molar-refractivity contribution in [3.63, 3.8) is 0 Å². The number of hydrogen-bond acceptors (Lipinski definition) is 2. The number of amides is 1. The van der Waals surface area contributed by atoms with E-state index in [1.165, 1.54) is 19.3 Å². The summed E-state index contributed by atoms with van der Waals surface area (Å²) in [5, 5.41) is 0. The molecule has 0 bridgehead atoms. The van der Waals surface area contributed by atoms with E-state index in [-0.39, 0.29) is 6.04 Å². The van der Waals surface area contributed by atoms with E-state index in [2.05, 4.69) is 11.8 Å². The molecule has 0 spiro atoms. The van der Waals surface area contributed by atoms with E-state index in [9.17, 15) is 4.79 Å². The van der Waals surface area contributed by atoms with Crippen molar-refractivity contribution in [1.82, 2.24) is 4.90 Å². The Balaban J connectivity index is 2.31. The van der Waals surface area contributed by atoms with Crippen molar-refractivity contribution in [3.8, 4) is 0 Å².